The molecular formula is C15H24ClN3O2. The van der Waals surface area contributed by atoms with Crippen molar-refractivity contribution in [2.45, 2.75) is 13.5 Å². The molecule has 0 aliphatic carbocycles. The summed E-state index contributed by atoms with van der Waals surface area (Å²) in [6, 6.07) is 5.87. The van der Waals surface area contributed by atoms with Crippen molar-refractivity contribution in [2.24, 2.45) is 0 Å². The Kier molecular flexibility index (Phi) is 8.12. The number of benzene rings is 1. The topological polar surface area (TPSA) is 53.6 Å². The van der Waals surface area contributed by atoms with Crippen LogP contribution in [0.25, 0.3) is 0 Å². The van der Waals surface area contributed by atoms with Crippen LogP contribution in [0.2, 0.25) is 5.02 Å². The van der Waals surface area contributed by atoms with Crippen LogP contribution in [-0.2, 0) is 16.1 Å². The molecule has 0 fully saturated rings. The van der Waals surface area contributed by atoms with Gasteiger partial charge < -0.3 is 20.3 Å². The number of carbonyl (C=O) groups excluding carboxylic acids is 1. The highest BCUT2D eigenvalue weighted by atomic mass is 35.5. The van der Waals surface area contributed by atoms with Crippen molar-refractivity contribution in [3.8, 4) is 0 Å². The van der Waals surface area contributed by atoms with Crippen LogP contribution in [0, 0.1) is 0 Å². The smallest absolute Gasteiger partial charge is 0.239 e. The Balaban J connectivity index is 2.58. The fourth-order valence-corrected chi connectivity index (χ4v) is 2.28. The predicted octanol–water partition coefficient (Wildman–Crippen LogP) is 1.65. The van der Waals surface area contributed by atoms with E-state index < -0.39 is 0 Å². The lowest BCUT2D eigenvalue weighted by Crippen LogP contribution is -2.35. The van der Waals surface area contributed by atoms with Gasteiger partial charge in [0.05, 0.1) is 23.9 Å². The van der Waals surface area contributed by atoms with Crippen LogP contribution < -0.4 is 15.5 Å². The normalized spacial score (nSPS) is 10.5. The molecule has 1 aromatic rings. The maximum absolute atomic E-state index is 11.6. The summed E-state index contributed by atoms with van der Waals surface area (Å²) in [5.41, 5.74) is 1.95. The summed E-state index contributed by atoms with van der Waals surface area (Å²) in [5, 5.41) is 6.68. The molecule has 1 amide bonds. The zero-order chi connectivity index (χ0) is 15.7. The van der Waals surface area contributed by atoms with E-state index in [4.69, 9.17) is 16.3 Å². The molecule has 0 heterocycles. The number of anilines is 1. The molecule has 0 aromatic heterocycles. The molecular weight excluding hydrogens is 290 g/mol. The van der Waals surface area contributed by atoms with Gasteiger partial charge in [-0.3, -0.25) is 4.79 Å². The Labute approximate surface area is 131 Å². The fraction of sp³-hybridized carbons (Fsp3) is 0.533. The monoisotopic (exact) mass is 313 g/mol. The highest BCUT2D eigenvalue weighted by Gasteiger charge is 2.10. The maximum Gasteiger partial charge on any atom is 0.239 e. The summed E-state index contributed by atoms with van der Waals surface area (Å²) < 4.78 is 4.98. The van der Waals surface area contributed by atoms with E-state index >= 15 is 0 Å². The molecule has 2 N–H and O–H groups in total. The molecule has 0 saturated carbocycles. The van der Waals surface area contributed by atoms with E-state index in [2.05, 4.69) is 10.6 Å². The molecule has 1 rings (SSSR count). The molecule has 0 saturated heterocycles. The number of nitrogens with one attached hydrogen (secondary N) is 2. The molecule has 0 bridgehead atoms. The van der Waals surface area contributed by atoms with Gasteiger partial charge in [0.15, 0.2) is 0 Å². The van der Waals surface area contributed by atoms with Crippen LogP contribution >= 0.6 is 11.6 Å². The van der Waals surface area contributed by atoms with Gasteiger partial charge in [-0.05, 0) is 24.6 Å². The lowest BCUT2D eigenvalue weighted by atomic mass is 10.2. The lowest BCUT2D eigenvalue weighted by molar-refractivity contribution is -0.119. The maximum atomic E-state index is 11.6. The van der Waals surface area contributed by atoms with Gasteiger partial charge in [0.25, 0.3) is 0 Å². The van der Waals surface area contributed by atoms with Gasteiger partial charge in [0, 0.05) is 33.8 Å². The number of halogens is 1. The van der Waals surface area contributed by atoms with Crippen molar-refractivity contribution >= 4 is 23.2 Å². The SMILES string of the molecule is CCNC(=O)CN(C)c1ccc(CNCCOC)cc1Cl. The van der Waals surface area contributed by atoms with Crippen molar-refractivity contribution in [3.05, 3.63) is 28.8 Å². The Morgan fingerprint density at radius 1 is 1.43 bits per heavy atom. The standard InChI is InChI=1S/C15H24ClN3O2/c1-4-18-15(20)11-19(2)14-6-5-12(9-13(14)16)10-17-7-8-21-3/h5-6,9,17H,4,7-8,10-11H2,1-3H3,(H,18,20). The fourth-order valence-electron chi connectivity index (χ4n) is 1.93. The number of hydrogen-bond acceptors (Lipinski definition) is 4. The Morgan fingerprint density at radius 2 is 2.19 bits per heavy atom. The average Bonchev–Trinajstić information content (AvgIpc) is 2.43. The summed E-state index contributed by atoms with van der Waals surface area (Å²) in [7, 11) is 3.53. The lowest BCUT2D eigenvalue weighted by Gasteiger charge is -2.20. The van der Waals surface area contributed by atoms with E-state index in [1.807, 2.05) is 37.1 Å². The minimum absolute atomic E-state index is 0.0126. The number of amides is 1. The van der Waals surface area contributed by atoms with Crippen LogP contribution in [0.15, 0.2) is 18.2 Å². The highest BCUT2D eigenvalue weighted by molar-refractivity contribution is 6.33. The zero-order valence-corrected chi connectivity index (χ0v) is 13.7. The van der Waals surface area contributed by atoms with Gasteiger partial charge in [-0.2, -0.15) is 0 Å². The third kappa shape index (κ3) is 6.33. The summed E-state index contributed by atoms with van der Waals surface area (Å²) in [6.45, 7) is 5.04. The number of rotatable bonds is 9. The number of nitrogens with zero attached hydrogens (tertiary/aromatic N) is 1. The van der Waals surface area contributed by atoms with E-state index in [1.54, 1.807) is 7.11 Å². The van der Waals surface area contributed by atoms with Gasteiger partial charge in [0.2, 0.25) is 5.91 Å². The summed E-state index contributed by atoms with van der Waals surface area (Å²) in [4.78, 5) is 13.4. The number of methoxy groups -OCH3 is 1. The third-order valence-corrected chi connectivity index (χ3v) is 3.29. The van der Waals surface area contributed by atoms with Gasteiger partial charge in [0.1, 0.15) is 0 Å². The van der Waals surface area contributed by atoms with Crippen LogP contribution in [0.4, 0.5) is 5.69 Å². The molecule has 21 heavy (non-hydrogen) atoms. The average molecular weight is 314 g/mol. The zero-order valence-electron chi connectivity index (χ0n) is 12.9. The predicted molar refractivity (Wildman–Crippen MR) is 87.0 cm³/mol. The van der Waals surface area contributed by atoms with E-state index in [0.29, 0.717) is 24.7 Å². The van der Waals surface area contributed by atoms with Crippen LogP contribution in [0.1, 0.15) is 12.5 Å². The second-order valence-corrected chi connectivity index (χ2v) is 5.17. The van der Waals surface area contributed by atoms with Crippen molar-refractivity contribution in [2.75, 3.05) is 45.3 Å². The van der Waals surface area contributed by atoms with Gasteiger partial charge in [-0.25, -0.2) is 0 Å². The van der Waals surface area contributed by atoms with Crippen molar-refractivity contribution in [3.63, 3.8) is 0 Å². The highest BCUT2D eigenvalue weighted by Crippen LogP contribution is 2.25. The molecule has 0 radical (unpaired) electrons. The second-order valence-electron chi connectivity index (χ2n) is 4.76. The van der Waals surface area contributed by atoms with Gasteiger partial charge in [-0.15, -0.1) is 0 Å². The molecule has 0 aliphatic heterocycles. The molecule has 5 nitrogen and oxygen atoms in total. The summed E-state index contributed by atoms with van der Waals surface area (Å²) >= 11 is 6.30. The second kappa shape index (κ2) is 9.60. The number of hydrogen-bond donors (Lipinski definition) is 2. The number of carbonyl (C=O) groups is 1. The number of likely N-dealkylation sites (N-methyl/N-ethyl adjacent to an activating group) is 2. The summed E-state index contributed by atoms with van der Waals surface area (Å²) in [6.07, 6.45) is 0. The van der Waals surface area contributed by atoms with E-state index in [0.717, 1.165) is 24.3 Å². The minimum Gasteiger partial charge on any atom is -0.383 e. The first-order chi connectivity index (χ1) is 10.1. The van der Waals surface area contributed by atoms with Crippen LogP contribution in [0.5, 0.6) is 0 Å². The Hall–Kier alpha value is -1.30. The minimum atomic E-state index is -0.0126. The molecule has 0 atom stereocenters. The molecule has 6 heteroatoms. The summed E-state index contributed by atoms with van der Waals surface area (Å²) in [5.74, 6) is -0.0126. The van der Waals surface area contributed by atoms with E-state index in [-0.39, 0.29) is 5.91 Å². The largest absolute Gasteiger partial charge is 0.383 e. The van der Waals surface area contributed by atoms with Crippen molar-refractivity contribution < 1.29 is 9.53 Å². The van der Waals surface area contributed by atoms with E-state index in [1.165, 1.54) is 0 Å². The van der Waals surface area contributed by atoms with Crippen LogP contribution in [-0.4, -0.2) is 46.3 Å². The molecule has 1 aromatic carbocycles. The molecule has 118 valence electrons. The molecule has 0 unspecified atom stereocenters. The van der Waals surface area contributed by atoms with Crippen molar-refractivity contribution in [1.29, 1.82) is 0 Å². The Morgan fingerprint density at radius 3 is 2.81 bits per heavy atom. The molecule has 0 spiro atoms. The quantitative estimate of drug-likeness (QED) is 0.681. The third-order valence-electron chi connectivity index (χ3n) is 2.99. The van der Waals surface area contributed by atoms with E-state index in [9.17, 15) is 4.79 Å². The van der Waals surface area contributed by atoms with Crippen LogP contribution in [0.3, 0.4) is 0 Å². The van der Waals surface area contributed by atoms with Gasteiger partial charge in [-0.1, -0.05) is 17.7 Å². The number of ether oxygens (including phenoxy) is 1. The first kappa shape index (κ1) is 17.8. The first-order valence-corrected chi connectivity index (χ1v) is 7.42. The first-order valence-electron chi connectivity index (χ1n) is 7.04. The van der Waals surface area contributed by atoms with Crippen molar-refractivity contribution in [1.82, 2.24) is 10.6 Å². The Bertz CT molecular complexity index is 455. The molecule has 0 aliphatic rings. The van der Waals surface area contributed by atoms with Gasteiger partial charge >= 0.3 is 0 Å².